The minimum absolute atomic E-state index is 0.0389. The van der Waals surface area contributed by atoms with Gasteiger partial charge in [0.15, 0.2) is 0 Å². The molecule has 0 saturated heterocycles. The summed E-state index contributed by atoms with van der Waals surface area (Å²) in [5.74, 6) is 0.0753. The maximum atomic E-state index is 13.9. The molecule has 196 valence electrons. The van der Waals surface area contributed by atoms with Gasteiger partial charge in [-0.05, 0) is 76.8 Å². The Balaban J connectivity index is 1.71. The van der Waals surface area contributed by atoms with Crippen LogP contribution in [0.3, 0.4) is 0 Å². The summed E-state index contributed by atoms with van der Waals surface area (Å²) in [6, 6.07) is 28.6. The molecule has 4 aromatic carbocycles. The highest BCUT2D eigenvalue weighted by atomic mass is 79.9. The number of halogens is 1. The lowest BCUT2D eigenvalue weighted by Gasteiger charge is -2.27. The number of carbonyl (C=O) groups is 1. The third-order valence-electron chi connectivity index (χ3n) is 6.26. The zero-order valence-electron chi connectivity index (χ0n) is 21.4. The predicted octanol–water partition coefficient (Wildman–Crippen LogP) is 6.18. The van der Waals surface area contributed by atoms with Gasteiger partial charge in [0.1, 0.15) is 12.3 Å². The number of hydrogen-bond donors (Lipinski definition) is 1. The van der Waals surface area contributed by atoms with E-state index in [1.165, 1.54) is 19.2 Å². The Bertz CT molecular complexity index is 1520. The SMILES string of the molecule is COc1ccc(S(=O)(=O)N(CC(=O)N[C@H](c2ccccc2)c2ccccc2C)c2ccc(C)cc2)cc1Br. The van der Waals surface area contributed by atoms with E-state index in [2.05, 4.69) is 21.2 Å². The molecule has 4 aromatic rings. The molecule has 0 spiro atoms. The Labute approximate surface area is 232 Å². The molecule has 4 rings (SSSR count). The van der Waals surface area contributed by atoms with Gasteiger partial charge in [0, 0.05) is 0 Å². The second kappa shape index (κ2) is 11.8. The normalized spacial score (nSPS) is 12.0. The van der Waals surface area contributed by atoms with E-state index in [1.54, 1.807) is 18.2 Å². The third-order valence-corrected chi connectivity index (χ3v) is 8.65. The largest absolute Gasteiger partial charge is 0.496 e. The van der Waals surface area contributed by atoms with Crippen molar-refractivity contribution < 1.29 is 17.9 Å². The van der Waals surface area contributed by atoms with Crippen molar-refractivity contribution in [3.63, 3.8) is 0 Å². The van der Waals surface area contributed by atoms with Crippen molar-refractivity contribution in [3.8, 4) is 5.75 Å². The third kappa shape index (κ3) is 6.09. The fourth-order valence-electron chi connectivity index (χ4n) is 4.19. The summed E-state index contributed by atoms with van der Waals surface area (Å²) >= 11 is 3.37. The molecular weight excluding hydrogens is 564 g/mol. The first kappa shape index (κ1) is 27.4. The summed E-state index contributed by atoms with van der Waals surface area (Å²) in [5, 5.41) is 3.08. The molecule has 0 radical (unpaired) electrons. The first-order chi connectivity index (χ1) is 18.2. The standard InChI is InChI=1S/C30H29BrN2O4S/c1-21-13-15-24(16-14-21)33(38(35,36)25-17-18-28(37-3)27(31)19-25)20-29(34)32-30(23-10-5-4-6-11-23)26-12-8-7-9-22(26)2/h4-19,30H,20H2,1-3H3,(H,32,34)/t30-/m1/s1. The summed E-state index contributed by atoms with van der Waals surface area (Å²) in [6.45, 7) is 3.51. The van der Waals surface area contributed by atoms with Crippen LogP contribution >= 0.6 is 15.9 Å². The summed E-state index contributed by atoms with van der Waals surface area (Å²) in [7, 11) is -2.59. The number of anilines is 1. The van der Waals surface area contributed by atoms with Crippen molar-refractivity contribution in [3.05, 3.63) is 124 Å². The van der Waals surface area contributed by atoms with Crippen LogP contribution in [-0.2, 0) is 14.8 Å². The van der Waals surface area contributed by atoms with Crippen LogP contribution in [0.15, 0.2) is 106 Å². The number of nitrogens with zero attached hydrogens (tertiary/aromatic N) is 1. The highest BCUT2D eigenvalue weighted by Gasteiger charge is 2.29. The van der Waals surface area contributed by atoms with Crippen LogP contribution < -0.4 is 14.4 Å². The molecule has 1 atom stereocenters. The minimum atomic E-state index is -4.10. The summed E-state index contributed by atoms with van der Waals surface area (Å²) in [4.78, 5) is 13.6. The Morgan fingerprint density at radius 1 is 0.921 bits per heavy atom. The van der Waals surface area contributed by atoms with Gasteiger partial charge in [-0.25, -0.2) is 8.42 Å². The van der Waals surface area contributed by atoms with Gasteiger partial charge in [-0.1, -0.05) is 72.3 Å². The number of sulfonamides is 1. The number of benzene rings is 4. The average Bonchev–Trinajstić information content (AvgIpc) is 2.92. The number of aryl methyl sites for hydroxylation is 2. The number of methoxy groups -OCH3 is 1. The molecule has 8 heteroatoms. The molecule has 0 aromatic heterocycles. The van der Waals surface area contributed by atoms with Gasteiger partial charge in [-0.3, -0.25) is 9.10 Å². The van der Waals surface area contributed by atoms with E-state index >= 15 is 0 Å². The molecule has 0 aliphatic carbocycles. The van der Waals surface area contributed by atoms with E-state index in [1.807, 2.05) is 80.6 Å². The summed E-state index contributed by atoms with van der Waals surface area (Å²) in [5.41, 5.74) is 4.24. The predicted molar refractivity (Wildman–Crippen MR) is 154 cm³/mol. The van der Waals surface area contributed by atoms with Gasteiger partial charge in [-0.2, -0.15) is 0 Å². The lowest BCUT2D eigenvalue weighted by Crippen LogP contribution is -2.42. The van der Waals surface area contributed by atoms with E-state index in [4.69, 9.17) is 4.74 Å². The Morgan fingerprint density at radius 2 is 1.58 bits per heavy atom. The summed E-state index contributed by atoms with van der Waals surface area (Å²) in [6.07, 6.45) is 0. The molecule has 0 fully saturated rings. The van der Waals surface area contributed by atoms with Gasteiger partial charge in [0.05, 0.1) is 28.2 Å². The Kier molecular flexibility index (Phi) is 8.54. The quantitative estimate of drug-likeness (QED) is 0.252. The van der Waals surface area contributed by atoms with E-state index < -0.39 is 28.5 Å². The lowest BCUT2D eigenvalue weighted by molar-refractivity contribution is -0.120. The van der Waals surface area contributed by atoms with Crippen LogP contribution in [0.1, 0.15) is 28.3 Å². The molecule has 6 nitrogen and oxygen atoms in total. The number of hydrogen-bond acceptors (Lipinski definition) is 4. The van der Waals surface area contributed by atoms with Crippen LogP contribution in [0.5, 0.6) is 5.75 Å². The smallest absolute Gasteiger partial charge is 0.264 e. The van der Waals surface area contributed by atoms with Crippen molar-refractivity contribution in [1.29, 1.82) is 0 Å². The average molecular weight is 594 g/mol. The van der Waals surface area contributed by atoms with Crippen LogP contribution in [0.25, 0.3) is 0 Å². The van der Waals surface area contributed by atoms with Crippen molar-refractivity contribution >= 4 is 37.5 Å². The molecule has 0 aliphatic rings. The van der Waals surface area contributed by atoms with Gasteiger partial charge < -0.3 is 10.1 Å². The molecule has 1 N–H and O–H groups in total. The minimum Gasteiger partial charge on any atom is -0.496 e. The molecule has 0 aliphatic heterocycles. The van der Waals surface area contributed by atoms with Gasteiger partial charge in [-0.15, -0.1) is 0 Å². The molecule has 0 bridgehead atoms. The molecule has 1 amide bonds. The first-order valence-corrected chi connectivity index (χ1v) is 14.3. The van der Waals surface area contributed by atoms with Gasteiger partial charge in [0.25, 0.3) is 10.0 Å². The lowest BCUT2D eigenvalue weighted by atomic mass is 9.95. The van der Waals surface area contributed by atoms with E-state index in [-0.39, 0.29) is 4.90 Å². The molecular formula is C30H29BrN2O4S. The van der Waals surface area contributed by atoms with Gasteiger partial charge in [0.2, 0.25) is 5.91 Å². The number of ether oxygens (including phenoxy) is 1. The molecule has 0 saturated carbocycles. The summed E-state index contributed by atoms with van der Waals surface area (Å²) < 4.78 is 34.6. The fraction of sp³-hybridized carbons (Fsp3) is 0.167. The monoisotopic (exact) mass is 592 g/mol. The van der Waals surface area contributed by atoms with Crippen LogP contribution in [0.2, 0.25) is 0 Å². The number of nitrogens with one attached hydrogen (secondary N) is 1. The highest BCUT2D eigenvalue weighted by molar-refractivity contribution is 9.10. The van der Waals surface area contributed by atoms with Gasteiger partial charge >= 0.3 is 0 Å². The maximum Gasteiger partial charge on any atom is 0.264 e. The first-order valence-electron chi connectivity index (χ1n) is 12.0. The maximum absolute atomic E-state index is 13.9. The van der Waals surface area contributed by atoms with Crippen LogP contribution in [-0.4, -0.2) is 28.0 Å². The van der Waals surface area contributed by atoms with Crippen molar-refractivity contribution in [2.45, 2.75) is 24.8 Å². The highest BCUT2D eigenvalue weighted by Crippen LogP contribution is 2.31. The number of amides is 1. The molecule has 0 unspecified atom stereocenters. The van der Waals surface area contributed by atoms with Crippen LogP contribution in [0, 0.1) is 13.8 Å². The van der Waals surface area contributed by atoms with Crippen LogP contribution in [0.4, 0.5) is 5.69 Å². The van der Waals surface area contributed by atoms with Crippen molar-refractivity contribution in [2.24, 2.45) is 0 Å². The zero-order valence-corrected chi connectivity index (χ0v) is 23.8. The number of carbonyl (C=O) groups excluding carboxylic acids is 1. The Morgan fingerprint density at radius 3 is 2.21 bits per heavy atom. The molecule has 38 heavy (non-hydrogen) atoms. The fourth-order valence-corrected chi connectivity index (χ4v) is 6.33. The second-order valence-corrected chi connectivity index (χ2v) is 11.6. The van der Waals surface area contributed by atoms with E-state index in [9.17, 15) is 13.2 Å². The van der Waals surface area contributed by atoms with Crippen molar-refractivity contribution in [2.75, 3.05) is 18.0 Å². The second-order valence-electron chi connectivity index (χ2n) is 8.91. The topological polar surface area (TPSA) is 75.7 Å². The molecule has 0 heterocycles. The Hall–Kier alpha value is -3.62. The number of rotatable bonds is 9. The van der Waals surface area contributed by atoms with E-state index in [0.29, 0.717) is 15.9 Å². The van der Waals surface area contributed by atoms with Crippen molar-refractivity contribution in [1.82, 2.24) is 5.32 Å². The zero-order chi connectivity index (χ0) is 27.3. The van der Waals surface area contributed by atoms with E-state index in [0.717, 1.165) is 26.6 Å².